The van der Waals surface area contributed by atoms with Crippen LogP contribution in [-0.4, -0.2) is 0 Å². The molecule has 3 heteroatoms. The zero-order valence-corrected chi connectivity index (χ0v) is 11.3. The van der Waals surface area contributed by atoms with Crippen LogP contribution in [0.15, 0.2) is 35.7 Å². The van der Waals surface area contributed by atoms with Gasteiger partial charge in [-0.2, -0.15) is 0 Å². The highest BCUT2D eigenvalue weighted by Crippen LogP contribution is 2.29. The molecule has 1 aromatic carbocycles. The molecule has 0 bridgehead atoms. The van der Waals surface area contributed by atoms with E-state index in [1.165, 1.54) is 4.88 Å². The summed E-state index contributed by atoms with van der Waals surface area (Å²) in [6.07, 6.45) is 0.903. The zero-order valence-electron chi connectivity index (χ0n) is 8.91. The van der Waals surface area contributed by atoms with Gasteiger partial charge >= 0.3 is 0 Å². The summed E-state index contributed by atoms with van der Waals surface area (Å²) in [5, 5.41) is 2.06. The van der Waals surface area contributed by atoms with Crippen molar-refractivity contribution in [2.24, 2.45) is 0 Å². The van der Waals surface area contributed by atoms with E-state index in [2.05, 4.69) is 27.4 Å². The summed E-state index contributed by atoms with van der Waals surface area (Å²) in [5.41, 5.74) is 1.69. The minimum Gasteiger partial charge on any atom is -0.207 e. The van der Waals surface area contributed by atoms with Gasteiger partial charge in [0.15, 0.2) is 0 Å². The first kappa shape index (κ1) is 11.8. The number of hydrogen-bond donors (Lipinski definition) is 0. The molecule has 0 aliphatic heterocycles. The molecule has 0 aliphatic rings. The van der Waals surface area contributed by atoms with Crippen molar-refractivity contribution in [1.82, 2.24) is 0 Å². The Morgan fingerprint density at radius 3 is 2.81 bits per heavy atom. The Morgan fingerprint density at radius 1 is 1.38 bits per heavy atom. The SMILES string of the molecule is Cc1ccc(C(Br)Cc2cccs2)cc1F. The van der Waals surface area contributed by atoms with Crippen LogP contribution in [0.5, 0.6) is 0 Å². The molecule has 16 heavy (non-hydrogen) atoms. The van der Waals surface area contributed by atoms with Crippen molar-refractivity contribution in [3.63, 3.8) is 0 Å². The van der Waals surface area contributed by atoms with Gasteiger partial charge in [0.05, 0.1) is 0 Å². The van der Waals surface area contributed by atoms with Gasteiger partial charge in [0.1, 0.15) is 5.82 Å². The van der Waals surface area contributed by atoms with Crippen molar-refractivity contribution in [1.29, 1.82) is 0 Å². The van der Waals surface area contributed by atoms with E-state index in [1.807, 2.05) is 18.2 Å². The molecule has 2 aromatic rings. The highest BCUT2D eigenvalue weighted by Gasteiger charge is 2.10. The van der Waals surface area contributed by atoms with E-state index in [0.29, 0.717) is 5.56 Å². The second-order valence-electron chi connectivity index (χ2n) is 3.76. The second-order valence-corrected chi connectivity index (χ2v) is 5.90. The smallest absolute Gasteiger partial charge is 0.126 e. The van der Waals surface area contributed by atoms with E-state index in [1.54, 1.807) is 24.3 Å². The normalized spacial score (nSPS) is 12.7. The minimum atomic E-state index is -0.131. The largest absolute Gasteiger partial charge is 0.207 e. The molecule has 0 saturated heterocycles. The van der Waals surface area contributed by atoms with Gasteiger partial charge in [0, 0.05) is 9.70 Å². The zero-order chi connectivity index (χ0) is 11.5. The van der Waals surface area contributed by atoms with Crippen molar-refractivity contribution < 1.29 is 4.39 Å². The lowest BCUT2D eigenvalue weighted by atomic mass is 10.1. The molecule has 0 saturated carbocycles. The third-order valence-electron chi connectivity index (χ3n) is 2.52. The summed E-state index contributed by atoms with van der Waals surface area (Å²) >= 11 is 5.34. The Hall–Kier alpha value is -0.670. The highest BCUT2D eigenvalue weighted by molar-refractivity contribution is 9.09. The van der Waals surface area contributed by atoms with Crippen LogP contribution >= 0.6 is 27.3 Å². The molecule has 1 heterocycles. The Morgan fingerprint density at radius 2 is 2.19 bits per heavy atom. The van der Waals surface area contributed by atoms with Gasteiger partial charge in [-0.15, -0.1) is 11.3 Å². The summed E-state index contributed by atoms with van der Waals surface area (Å²) in [6, 6.07) is 9.56. The molecule has 0 nitrogen and oxygen atoms in total. The molecule has 0 spiro atoms. The molecule has 0 N–H and O–H groups in total. The van der Waals surface area contributed by atoms with Crippen LogP contribution < -0.4 is 0 Å². The summed E-state index contributed by atoms with van der Waals surface area (Å²) < 4.78 is 13.4. The molecular weight excluding hydrogens is 287 g/mol. The number of alkyl halides is 1. The maximum absolute atomic E-state index is 13.4. The van der Waals surface area contributed by atoms with Crippen LogP contribution in [0.4, 0.5) is 4.39 Å². The van der Waals surface area contributed by atoms with E-state index < -0.39 is 0 Å². The maximum atomic E-state index is 13.4. The molecular formula is C13H12BrFS. The van der Waals surface area contributed by atoms with Crippen LogP contribution in [0.3, 0.4) is 0 Å². The standard InChI is InChI=1S/C13H12BrFS/c1-9-4-5-10(7-13(9)15)12(14)8-11-3-2-6-16-11/h2-7,12H,8H2,1H3. The fraction of sp³-hybridized carbons (Fsp3) is 0.231. The average Bonchev–Trinajstić information content (AvgIpc) is 2.74. The van der Waals surface area contributed by atoms with Gasteiger partial charge in [0.2, 0.25) is 0 Å². The van der Waals surface area contributed by atoms with E-state index in [9.17, 15) is 4.39 Å². The number of benzene rings is 1. The number of aryl methyl sites for hydroxylation is 1. The number of halogens is 2. The molecule has 0 fully saturated rings. The second kappa shape index (κ2) is 5.11. The van der Waals surface area contributed by atoms with Crippen molar-refractivity contribution >= 4 is 27.3 Å². The van der Waals surface area contributed by atoms with Gasteiger partial charge < -0.3 is 0 Å². The maximum Gasteiger partial charge on any atom is 0.126 e. The van der Waals surface area contributed by atoms with Gasteiger partial charge in [-0.25, -0.2) is 4.39 Å². The van der Waals surface area contributed by atoms with Gasteiger partial charge in [-0.05, 0) is 42.0 Å². The number of thiophene rings is 1. The third kappa shape index (κ3) is 2.71. The van der Waals surface area contributed by atoms with Gasteiger partial charge in [0.25, 0.3) is 0 Å². The number of rotatable bonds is 3. The molecule has 1 atom stereocenters. The van der Waals surface area contributed by atoms with Crippen LogP contribution in [0.25, 0.3) is 0 Å². The van der Waals surface area contributed by atoms with Crippen LogP contribution in [-0.2, 0) is 6.42 Å². The summed E-state index contributed by atoms with van der Waals surface area (Å²) in [7, 11) is 0. The lowest BCUT2D eigenvalue weighted by molar-refractivity contribution is 0.616. The van der Waals surface area contributed by atoms with Crippen molar-refractivity contribution in [2.45, 2.75) is 18.2 Å². The first-order valence-electron chi connectivity index (χ1n) is 5.09. The highest BCUT2D eigenvalue weighted by atomic mass is 79.9. The molecule has 0 amide bonds. The summed E-state index contributed by atoms with van der Waals surface area (Å²) in [5.74, 6) is -0.131. The third-order valence-corrected chi connectivity index (χ3v) is 4.27. The van der Waals surface area contributed by atoms with E-state index >= 15 is 0 Å². The van der Waals surface area contributed by atoms with E-state index in [0.717, 1.165) is 12.0 Å². The van der Waals surface area contributed by atoms with Crippen LogP contribution in [0, 0.1) is 12.7 Å². The Balaban J connectivity index is 2.14. The van der Waals surface area contributed by atoms with E-state index in [-0.39, 0.29) is 10.6 Å². The summed E-state index contributed by atoms with van der Waals surface area (Å²) in [6.45, 7) is 1.78. The quantitative estimate of drug-likeness (QED) is 0.709. The molecule has 1 aromatic heterocycles. The van der Waals surface area contributed by atoms with Crippen molar-refractivity contribution in [3.8, 4) is 0 Å². The Bertz CT molecular complexity index is 465. The lowest BCUT2D eigenvalue weighted by Crippen LogP contribution is -1.95. The minimum absolute atomic E-state index is 0.131. The van der Waals surface area contributed by atoms with Crippen LogP contribution in [0.1, 0.15) is 20.8 Å². The topological polar surface area (TPSA) is 0 Å². The predicted molar refractivity (Wildman–Crippen MR) is 70.8 cm³/mol. The van der Waals surface area contributed by atoms with Crippen molar-refractivity contribution in [3.05, 3.63) is 57.5 Å². The van der Waals surface area contributed by atoms with Gasteiger partial charge in [-0.3, -0.25) is 0 Å². The van der Waals surface area contributed by atoms with Crippen LogP contribution in [0.2, 0.25) is 0 Å². The lowest BCUT2D eigenvalue weighted by Gasteiger charge is -2.09. The molecule has 0 radical (unpaired) electrons. The molecule has 0 aliphatic carbocycles. The van der Waals surface area contributed by atoms with E-state index in [4.69, 9.17) is 0 Å². The molecule has 2 rings (SSSR count). The monoisotopic (exact) mass is 298 g/mol. The average molecular weight is 299 g/mol. The molecule has 1 unspecified atom stereocenters. The fourth-order valence-electron chi connectivity index (χ4n) is 1.53. The fourth-order valence-corrected chi connectivity index (χ4v) is 3.13. The first-order chi connectivity index (χ1) is 7.66. The predicted octanol–water partition coefficient (Wildman–Crippen LogP) is 4.87. The number of hydrogen-bond acceptors (Lipinski definition) is 1. The van der Waals surface area contributed by atoms with Crippen molar-refractivity contribution in [2.75, 3.05) is 0 Å². The first-order valence-corrected chi connectivity index (χ1v) is 6.89. The van der Waals surface area contributed by atoms with Gasteiger partial charge in [-0.1, -0.05) is 34.1 Å². The molecule has 84 valence electrons. The summed E-state index contributed by atoms with van der Waals surface area (Å²) in [4.78, 5) is 1.49. The Kier molecular flexibility index (Phi) is 3.77. The Labute approximate surface area is 107 Å².